The fourth-order valence-corrected chi connectivity index (χ4v) is 3.37. The van der Waals surface area contributed by atoms with Crippen LogP contribution in [0, 0.1) is 5.92 Å². The molecule has 2 aromatic rings. The molecule has 3 rings (SSSR count). The monoisotopic (exact) mass is 294 g/mol. The van der Waals surface area contributed by atoms with Gasteiger partial charge in [0.05, 0.1) is 0 Å². The van der Waals surface area contributed by atoms with Crippen LogP contribution in [-0.4, -0.2) is 24.0 Å². The number of benzene rings is 2. The molecule has 0 saturated carbocycles. The molecule has 116 valence electrons. The maximum atomic E-state index is 3.75. The molecule has 0 aromatic heterocycles. The Morgan fingerprint density at radius 1 is 0.955 bits per heavy atom. The van der Waals surface area contributed by atoms with Gasteiger partial charge in [0.2, 0.25) is 0 Å². The first-order chi connectivity index (χ1) is 10.8. The Bertz CT molecular complexity index is 552. The molecular formula is C20H26N2. The third-order valence-electron chi connectivity index (χ3n) is 4.65. The molecule has 0 spiro atoms. The van der Waals surface area contributed by atoms with Gasteiger partial charge >= 0.3 is 0 Å². The predicted octanol–water partition coefficient (Wildman–Crippen LogP) is 3.69. The van der Waals surface area contributed by atoms with Crippen LogP contribution in [0.25, 0.3) is 0 Å². The summed E-state index contributed by atoms with van der Waals surface area (Å²) in [6.45, 7) is 6.80. The van der Waals surface area contributed by atoms with Crippen LogP contribution in [0.2, 0.25) is 0 Å². The highest BCUT2D eigenvalue weighted by atomic mass is 15.1. The topological polar surface area (TPSA) is 15.3 Å². The number of nitrogens with zero attached hydrogens (tertiary/aromatic N) is 1. The zero-order chi connectivity index (χ0) is 15.2. The van der Waals surface area contributed by atoms with Gasteiger partial charge < -0.3 is 5.32 Å². The first kappa shape index (κ1) is 15.3. The van der Waals surface area contributed by atoms with Crippen LogP contribution < -0.4 is 5.32 Å². The van der Waals surface area contributed by atoms with Crippen molar-refractivity contribution in [3.63, 3.8) is 0 Å². The van der Waals surface area contributed by atoms with Gasteiger partial charge in [0.15, 0.2) is 0 Å². The minimum absolute atomic E-state index is 0.632. The number of hydrogen-bond acceptors (Lipinski definition) is 2. The Morgan fingerprint density at radius 2 is 1.59 bits per heavy atom. The van der Waals surface area contributed by atoms with Gasteiger partial charge in [-0.05, 0) is 30.0 Å². The molecule has 1 fully saturated rings. The van der Waals surface area contributed by atoms with Crippen molar-refractivity contribution < 1.29 is 0 Å². The number of piperidine rings is 1. The second kappa shape index (κ2) is 7.57. The Hall–Kier alpha value is -1.64. The van der Waals surface area contributed by atoms with Crippen molar-refractivity contribution in [2.24, 2.45) is 5.92 Å². The fourth-order valence-electron chi connectivity index (χ4n) is 3.37. The van der Waals surface area contributed by atoms with Gasteiger partial charge in [0.25, 0.3) is 0 Å². The molecule has 2 aromatic carbocycles. The summed E-state index contributed by atoms with van der Waals surface area (Å²) in [5, 5.41) is 3.75. The van der Waals surface area contributed by atoms with E-state index in [4.69, 9.17) is 0 Å². The standard InChI is InChI=1S/C20H26N2/c1-17-15-22(16-19-10-6-3-7-11-19)13-12-20(17)21-14-18-8-4-2-5-9-18/h2-11,17,20-21H,12-16H2,1H3/t17-,20+/m0/s1. The molecule has 1 saturated heterocycles. The maximum absolute atomic E-state index is 3.75. The lowest BCUT2D eigenvalue weighted by molar-refractivity contribution is 0.140. The van der Waals surface area contributed by atoms with E-state index < -0.39 is 0 Å². The van der Waals surface area contributed by atoms with E-state index in [-0.39, 0.29) is 0 Å². The molecular weight excluding hydrogens is 268 g/mol. The van der Waals surface area contributed by atoms with Crippen molar-refractivity contribution >= 4 is 0 Å². The number of likely N-dealkylation sites (tertiary alicyclic amines) is 1. The SMILES string of the molecule is C[C@H]1CN(Cc2ccccc2)CC[C@H]1NCc1ccccc1. The summed E-state index contributed by atoms with van der Waals surface area (Å²) in [5.41, 5.74) is 2.80. The van der Waals surface area contributed by atoms with Crippen LogP contribution in [0.4, 0.5) is 0 Å². The summed E-state index contributed by atoms with van der Waals surface area (Å²) < 4.78 is 0. The molecule has 1 N–H and O–H groups in total. The molecule has 1 heterocycles. The summed E-state index contributed by atoms with van der Waals surface area (Å²) in [7, 11) is 0. The fraction of sp³-hybridized carbons (Fsp3) is 0.400. The van der Waals surface area contributed by atoms with Gasteiger partial charge in [0.1, 0.15) is 0 Å². The molecule has 1 aliphatic heterocycles. The zero-order valence-electron chi connectivity index (χ0n) is 13.4. The van der Waals surface area contributed by atoms with Crippen LogP contribution in [0.3, 0.4) is 0 Å². The number of rotatable bonds is 5. The summed E-state index contributed by atoms with van der Waals surface area (Å²) >= 11 is 0. The molecule has 1 aliphatic rings. The quantitative estimate of drug-likeness (QED) is 0.905. The highest BCUT2D eigenvalue weighted by Gasteiger charge is 2.25. The third-order valence-corrected chi connectivity index (χ3v) is 4.65. The third kappa shape index (κ3) is 4.19. The van der Waals surface area contributed by atoms with Crippen LogP contribution in [-0.2, 0) is 13.1 Å². The first-order valence-electron chi connectivity index (χ1n) is 8.35. The smallest absolute Gasteiger partial charge is 0.0233 e. The number of nitrogens with one attached hydrogen (secondary N) is 1. The maximum Gasteiger partial charge on any atom is 0.0233 e. The Morgan fingerprint density at radius 3 is 2.23 bits per heavy atom. The molecule has 0 radical (unpaired) electrons. The normalized spacial score (nSPS) is 22.6. The minimum atomic E-state index is 0.632. The van der Waals surface area contributed by atoms with E-state index in [1.165, 1.54) is 30.6 Å². The molecule has 0 bridgehead atoms. The van der Waals surface area contributed by atoms with Crippen LogP contribution >= 0.6 is 0 Å². The van der Waals surface area contributed by atoms with Crippen molar-refractivity contribution in [3.05, 3.63) is 71.8 Å². The van der Waals surface area contributed by atoms with Crippen molar-refractivity contribution in [1.29, 1.82) is 0 Å². The summed E-state index contributed by atoms with van der Waals surface area (Å²) in [5.74, 6) is 0.696. The van der Waals surface area contributed by atoms with E-state index in [1.807, 2.05) is 0 Å². The Kier molecular flexibility index (Phi) is 5.25. The van der Waals surface area contributed by atoms with Crippen LogP contribution in [0.15, 0.2) is 60.7 Å². The molecule has 0 aliphatic carbocycles. The summed E-state index contributed by atoms with van der Waals surface area (Å²) in [6.07, 6.45) is 1.24. The van der Waals surface area contributed by atoms with E-state index in [9.17, 15) is 0 Å². The van der Waals surface area contributed by atoms with E-state index >= 15 is 0 Å². The lowest BCUT2D eigenvalue weighted by atomic mass is 9.93. The largest absolute Gasteiger partial charge is 0.310 e. The zero-order valence-corrected chi connectivity index (χ0v) is 13.4. The van der Waals surface area contributed by atoms with Crippen molar-refractivity contribution in [2.45, 2.75) is 32.5 Å². The van der Waals surface area contributed by atoms with Gasteiger partial charge in [-0.2, -0.15) is 0 Å². The molecule has 2 heteroatoms. The molecule has 2 nitrogen and oxygen atoms in total. The van der Waals surface area contributed by atoms with E-state index in [0.717, 1.165) is 13.1 Å². The van der Waals surface area contributed by atoms with Gasteiger partial charge in [0, 0.05) is 25.7 Å². The van der Waals surface area contributed by atoms with E-state index in [2.05, 4.69) is 77.8 Å². The molecule has 0 unspecified atom stereocenters. The lowest BCUT2D eigenvalue weighted by Crippen LogP contribution is -2.47. The lowest BCUT2D eigenvalue weighted by Gasteiger charge is -2.37. The van der Waals surface area contributed by atoms with Crippen LogP contribution in [0.5, 0.6) is 0 Å². The van der Waals surface area contributed by atoms with Crippen molar-refractivity contribution in [1.82, 2.24) is 10.2 Å². The predicted molar refractivity (Wildman–Crippen MR) is 92.6 cm³/mol. The van der Waals surface area contributed by atoms with Crippen molar-refractivity contribution in [2.75, 3.05) is 13.1 Å². The van der Waals surface area contributed by atoms with Gasteiger partial charge in [-0.3, -0.25) is 4.90 Å². The van der Waals surface area contributed by atoms with E-state index in [1.54, 1.807) is 0 Å². The highest BCUT2D eigenvalue weighted by Crippen LogP contribution is 2.19. The molecule has 0 amide bonds. The molecule has 2 atom stereocenters. The second-order valence-corrected chi connectivity index (χ2v) is 6.46. The summed E-state index contributed by atoms with van der Waals surface area (Å²) in [4.78, 5) is 2.58. The Balaban J connectivity index is 1.48. The second-order valence-electron chi connectivity index (χ2n) is 6.46. The minimum Gasteiger partial charge on any atom is -0.310 e. The highest BCUT2D eigenvalue weighted by molar-refractivity contribution is 5.15. The van der Waals surface area contributed by atoms with Gasteiger partial charge in [-0.1, -0.05) is 67.6 Å². The Labute approximate surface area is 134 Å². The van der Waals surface area contributed by atoms with E-state index in [0.29, 0.717) is 12.0 Å². The average Bonchev–Trinajstić information content (AvgIpc) is 2.56. The molecule has 22 heavy (non-hydrogen) atoms. The van der Waals surface area contributed by atoms with Crippen LogP contribution in [0.1, 0.15) is 24.5 Å². The number of hydrogen-bond donors (Lipinski definition) is 1. The van der Waals surface area contributed by atoms with Gasteiger partial charge in [-0.25, -0.2) is 0 Å². The average molecular weight is 294 g/mol. The van der Waals surface area contributed by atoms with Crippen molar-refractivity contribution in [3.8, 4) is 0 Å². The summed E-state index contributed by atoms with van der Waals surface area (Å²) in [6, 6.07) is 22.1. The first-order valence-corrected chi connectivity index (χ1v) is 8.35. The van der Waals surface area contributed by atoms with Gasteiger partial charge in [-0.15, -0.1) is 0 Å².